The number of nitrogens with one attached hydrogen (secondary N) is 1. The number of rotatable bonds is 3. The number of amides is 2. The Morgan fingerprint density at radius 1 is 1.53 bits per heavy atom. The molecule has 1 saturated heterocycles. The molecule has 6 heteroatoms. The molecule has 4 nitrogen and oxygen atoms in total. The largest absolute Gasteiger partial charge is 0.343 e. The van der Waals surface area contributed by atoms with Gasteiger partial charge in [-0.2, -0.15) is 0 Å². The SMILES string of the molecule is CCC1NC(=O)CN(Cc2ccc(Br)s2)C1=O. The average molecular weight is 317 g/mol. The van der Waals surface area contributed by atoms with Crippen molar-refractivity contribution in [2.75, 3.05) is 6.54 Å². The van der Waals surface area contributed by atoms with Gasteiger partial charge in [0.15, 0.2) is 0 Å². The van der Waals surface area contributed by atoms with Crippen molar-refractivity contribution >= 4 is 39.1 Å². The van der Waals surface area contributed by atoms with Crippen LogP contribution in [0.25, 0.3) is 0 Å². The predicted molar refractivity (Wildman–Crippen MR) is 69.7 cm³/mol. The summed E-state index contributed by atoms with van der Waals surface area (Å²) in [5.41, 5.74) is 0. The van der Waals surface area contributed by atoms with Crippen LogP contribution in [0.4, 0.5) is 0 Å². The molecule has 1 aliphatic rings. The number of nitrogens with zero attached hydrogens (tertiary/aromatic N) is 1. The van der Waals surface area contributed by atoms with E-state index in [1.165, 1.54) is 0 Å². The van der Waals surface area contributed by atoms with Gasteiger partial charge in [0, 0.05) is 4.88 Å². The molecule has 1 unspecified atom stereocenters. The van der Waals surface area contributed by atoms with Crippen molar-refractivity contribution in [2.45, 2.75) is 25.9 Å². The molecule has 1 aliphatic heterocycles. The highest BCUT2D eigenvalue weighted by atomic mass is 79.9. The van der Waals surface area contributed by atoms with Gasteiger partial charge in [-0.25, -0.2) is 0 Å². The zero-order valence-electron chi connectivity index (χ0n) is 9.40. The monoisotopic (exact) mass is 316 g/mol. The third-order valence-corrected chi connectivity index (χ3v) is 4.27. The Bertz CT molecular complexity index is 446. The average Bonchev–Trinajstić information content (AvgIpc) is 2.69. The number of carbonyl (C=O) groups is 2. The first-order chi connectivity index (χ1) is 8.10. The quantitative estimate of drug-likeness (QED) is 0.923. The van der Waals surface area contributed by atoms with Gasteiger partial charge in [-0.15, -0.1) is 11.3 Å². The first-order valence-electron chi connectivity index (χ1n) is 5.42. The second-order valence-corrected chi connectivity index (χ2v) is 6.48. The number of halogens is 1. The summed E-state index contributed by atoms with van der Waals surface area (Å²) in [6, 6.07) is 3.56. The van der Waals surface area contributed by atoms with Gasteiger partial charge in [0.05, 0.1) is 16.9 Å². The van der Waals surface area contributed by atoms with Crippen LogP contribution in [0.5, 0.6) is 0 Å². The highest BCUT2D eigenvalue weighted by Crippen LogP contribution is 2.24. The van der Waals surface area contributed by atoms with Crippen molar-refractivity contribution in [2.24, 2.45) is 0 Å². The first-order valence-corrected chi connectivity index (χ1v) is 7.03. The summed E-state index contributed by atoms with van der Waals surface area (Å²) in [5, 5.41) is 2.70. The second kappa shape index (κ2) is 5.18. The van der Waals surface area contributed by atoms with Crippen LogP contribution in [-0.2, 0) is 16.1 Å². The van der Waals surface area contributed by atoms with Crippen LogP contribution in [-0.4, -0.2) is 29.3 Å². The molecule has 0 aliphatic carbocycles. The van der Waals surface area contributed by atoms with Gasteiger partial charge in [0.25, 0.3) is 0 Å². The maximum Gasteiger partial charge on any atom is 0.245 e. The van der Waals surface area contributed by atoms with E-state index >= 15 is 0 Å². The molecule has 0 spiro atoms. The van der Waals surface area contributed by atoms with Gasteiger partial charge in [-0.05, 0) is 34.5 Å². The number of carbonyl (C=O) groups excluding carboxylic acids is 2. The van der Waals surface area contributed by atoms with Crippen LogP contribution in [0.1, 0.15) is 18.2 Å². The molecule has 2 heterocycles. The van der Waals surface area contributed by atoms with Crippen LogP contribution < -0.4 is 5.32 Å². The molecular weight excluding hydrogens is 304 g/mol. The summed E-state index contributed by atoms with van der Waals surface area (Å²) in [7, 11) is 0. The van der Waals surface area contributed by atoms with Gasteiger partial charge in [-0.1, -0.05) is 6.92 Å². The lowest BCUT2D eigenvalue weighted by Gasteiger charge is -2.31. The Morgan fingerprint density at radius 3 is 2.88 bits per heavy atom. The van der Waals surface area contributed by atoms with Crippen LogP contribution in [0, 0.1) is 0 Å². The number of piperazine rings is 1. The minimum Gasteiger partial charge on any atom is -0.343 e. The summed E-state index contributed by atoms with van der Waals surface area (Å²) >= 11 is 4.97. The molecule has 1 fully saturated rings. The highest BCUT2D eigenvalue weighted by molar-refractivity contribution is 9.11. The van der Waals surface area contributed by atoms with E-state index in [0.717, 1.165) is 8.66 Å². The van der Waals surface area contributed by atoms with Gasteiger partial charge in [0.2, 0.25) is 11.8 Å². The Balaban J connectivity index is 2.09. The molecule has 1 N–H and O–H groups in total. The van der Waals surface area contributed by atoms with E-state index in [0.29, 0.717) is 13.0 Å². The second-order valence-electron chi connectivity index (χ2n) is 3.93. The molecule has 1 aromatic heterocycles. The van der Waals surface area contributed by atoms with Crippen LogP contribution in [0.3, 0.4) is 0 Å². The van der Waals surface area contributed by atoms with Crippen molar-refractivity contribution in [1.29, 1.82) is 0 Å². The molecule has 1 atom stereocenters. The van der Waals surface area contributed by atoms with E-state index < -0.39 is 0 Å². The predicted octanol–water partition coefficient (Wildman–Crippen LogP) is 1.75. The van der Waals surface area contributed by atoms with Gasteiger partial charge >= 0.3 is 0 Å². The number of hydrogen-bond acceptors (Lipinski definition) is 3. The van der Waals surface area contributed by atoms with E-state index in [1.54, 1.807) is 16.2 Å². The normalized spacial score (nSPS) is 20.6. The lowest BCUT2D eigenvalue weighted by atomic mass is 10.1. The van der Waals surface area contributed by atoms with Crippen LogP contribution >= 0.6 is 27.3 Å². The van der Waals surface area contributed by atoms with Crippen molar-refractivity contribution in [3.8, 4) is 0 Å². The summed E-state index contributed by atoms with van der Waals surface area (Å²) in [5.74, 6) is -0.0660. The molecule has 2 rings (SSSR count). The Labute approximate surface area is 112 Å². The van der Waals surface area contributed by atoms with E-state index in [-0.39, 0.29) is 24.4 Å². The fourth-order valence-electron chi connectivity index (χ4n) is 1.81. The molecule has 2 amide bonds. The Kier molecular flexibility index (Phi) is 3.83. The lowest BCUT2D eigenvalue weighted by Crippen LogP contribution is -2.57. The third-order valence-electron chi connectivity index (χ3n) is 2.66. The molecule has 1 aromatic rings. The fraction of sp³-hybridized carbons (Fsp3) is 0.455. The summed E-state index contributed by atoms with van der Waals surface area (Å²) in [4.78, 5) is 26.2. The fourth-order valence-corrected chi connectivity index (χ4v) is 3.31. The van der Waals surface area contributed by atoms with E-state index in [9.17, 15) is 9.59 Å². The van der Waals surface area contributed by atoms with Gasteiger partial charge in [-0.3, -0.25) is 9.59 Å². The minimum absolute atomic E-state index is 0.0108. The minimum atomic E-state index is -0.361. The summed E-state index contributed by atoms with van der Waals surface area (Å²) in [6.07, 6.45) is 0.634. The summed E-state index contributed by atoms with van der Waals surface area (Å²) < 4.78 is 1.04. The maximum atomic E-state index is 12.0. The number of hydrogen-bond donors (Lipinski definition) is 1. The zero-order valence-corrected chi connectivity index (χ0v) is 11.8. The van der Waals surface area contributed by atoms with Gasteiger partial charge < -0.3 is 10.2 Å². The van der Waals surface area contributed by atoms with Crippen molar-refractivity contribution in [1.82, 2.24) is 10.2 Å². The smallest absolute Gasteiger partial charge is 0.245 e. The van der Waals surface area contributed by atoms with Crippen LogP contribution in [0.2, 0.25) is 0 Å². The zero-order chi connectivity index (χ0) is 12.4. The standard InChI is InChI=1S/C11H13BrN2O2S/c1-2-8-11(16)14(6-10(15)13-8)5-7-3-4-9(12)17-7/h3-4,8H,2,5-6H2,1H3,(H,13,15). The topological polar surface area (TPSA) is 49.4 Å². The lowest BCUT2D eigenvalue weighted by molar-refractivity contribution is -0.144. The van der Waals surface area contributed by atoms with Gasteiger partial charge in [0.1, 0.15) is 6.04 Å². The Morgan fingerprint density at radius 2 is 2.29 bits per heavy atom. The molecule has 0 bridgehead atoms. The van der Waals surface area contributed by atoms with E-state index in [4.69, 9.17) is 0 Å². The molecular formula is C11H13BrN2O2S. The molecule has 17 heavy (non-hydrogen) atoms. The van der Waals surface area contributed by atoms with E-state index in [1.807, 2.05) is 19.1 Å². The molecule has 0 aromatic carbocycles. The highest BCUT2D eigenvalue weighted by Gasteiger charge is 2.31. The van der Waals surface area contributed by atoms with Crippen LogP contribution in [0.15, 0.2) is 15.9 Å². The van der Waals surface area contributed by atoms with Crippen molar-refractivity contribution in [3.05, 3.63) is 20.8 Å². The molecule has 0 saturated carbocycles. The Hall–Kier alpha value is -0.880. The number of thiophene rings is 1. The van der Waals surface area contributed by atoms with Crippen molar-refractivity contribution < 1.29 is 9.59 Å². The summed E-state index contributed by atoms with van der Waals surface area (Å²) in [6.45, 7) is 2.57. The maximum absolute atomic E-state index is 12.0. The molecule has 92 valence electrons. The molecule has 0 radical (unpaired) electrons. The first kappa shape index (κ1) is 12.6. The van der Waals surface area contributed by atoms with E-state index in [2.05, 4.69) is 21.2 Å². The third kappa shape index (κ3) is 2.87. The van der Waals surface area contributed by atoms with Crippen molar-refractivity contribution in [3.63, 3.8) is 0 Å².